The SMILES string of the molecule is CCC(C(=O)NC1CCCC1)N(Cc1ccc(Cl)c(Cl)c1)C(=O)CCCN(c1cc(Cl)ccc1C)S(C)(=O)=O. The lowest BCUT2D eigenvalue weighted by Gasteiger charge is -2.32. The zero-order chi connectivity index (χ0) is 28.7. The minimum atomic E-state index is -3.62. The van der Waals surface area contributed by atoms with Gasteiger partial charge in [-0.3, -0.25) is 13.9 Å². The van der Waals surface area contributed by atoms with E-state index >= 15 is 0 Å². The van der Waals surface area contributed by atoms with Crippen LogP contribution in [0.3, 0.4) is 0 Å². The number of benzene rings is 2. The molecule has 2 aromatic rings. The molecule has 1 unspecified atom stereocenters. The van der Waals surface area contributed by atoms with E-state index in [0.29, 0.717) is 27.2 Å². The minimum Gasteiger partial charge on any atom is -0.352 e. The molecule has 0 spiro atoms. The molecule has 0 aromatic heterocycles. The minimum absolute atomic E-state index is 0.0557. The maximum Gasteiger partial charge on any atom is 0.243 e. The highest BCUT2D eigenvalue weighted by Crippen LogP contribution is 2.28. The molecule has 0 bridgehead atoms. The molecule has 0 saturated heterocycles. The third kappa shape index (κ3) is 8.74. The molecule has 1 fully saturated rings. The van der Waals surface area contributed by atoms with Crippen LogP contribution in [0.15, 0.2) is 36.4 Å². The van der Waals surface area contributed by atoms with Gasteiger partial charge in [0, 0.05) is 30.6 Å². The molecule has 1 N–H and O–H groups in total. The predicted molar refractivity (Wildman–Crippen MR) is 159 cm³/mol. The number of carbonyl (C=O) groups is 2. The van der Waals surface area contributed by atoms with Crippen LogP contribution in [-0.2, 0) is 26.2 Å². The van der Waals surface area contributed by atoms with Crippen LogP contribution in [0.5, 0.6) is 0 Å². The number of amides is 2. The third-order valence-corrected chi connectivity index (χ3v) is 9.17. The topological polar surface area (TPSA) is 86.8 Å². The van der Waals surface area contributed by atoms with Crippen molar-refractivity contribution in [3.63, 3.8) is 0 Å². The van der Waals surface area contributed by atoms with Crippen molar-refractivity contribution in [3.8, 4) is 0 Å². The number of carbonyl (C=O) groups excluding carboxylic acids is 2. The van der Waals surface area contributed by atoms with E-state index in [9.17, 15) is 18.0 Å². The first kappa shape index (κ1) is 31.5. The number of hydrogen-bond donors (Lipinski definition) is 1. The summed E-state index contributed by atoms with van der Waals surface area (Å²) in [6, 6.07) is 9.66. The van der Waals surface area contributed by atoms with E-state index in [2.05, 4.69) is 5.32 Å². The Kier molecular flexibility index (Phi) is 11.4. The molecular weight excluding hydrogens is 581 g/mol. The quantitative estimate of drug-likeness (QED) is 0.300. The number of nitrogens with one attached hydrogen (secondary N) is 1. The summed E-state index contributed by atoms with van der Waals surface area (Å²) in [5.41, 5.74) is 1.98. The first-order valence-electron chi connectivity index (χ1n) is 13.2. The Morgan fingerprint density at radius 3 is 2.36 bits per heavy atom. The van der Waals surface area contributed by atoms with Crippen molar-refractivity contribution in [2.24, 2.45) is 0 Å². The standard InChI is InChI=1S/C28H36Cl3N3O4S/c1-4-25(28(36)32-22-8-5-6-9-22)33(18-20-12-14-23(30)24(31)16-20)27(35)10-7-15-34(39(3,37)38)26-17-21(29)13-11-19(26)2/h11-14,16-17,22,25H,4-10,15,18H2,1-3H3,(H,32,36). The monoisotopic (exact) mass is 615 g/mol. The summed E-state index contributed by atoms with van der Waals surface area (Å²) >= 11 is 18.4. The number of aryl methyl sites for hydroxylation is 1. The van der Waals surface area contributed by atoms with E-state index in [1.807, 2.05) is 13.8 Å². The molecule has 1 aliphatic carbocycles. The average Bonchev–Trinajstić information content (AvgIpc) is 3.37. The molecule has 7 nitrogen and oxygen atoms in total. The van der Waals surface area contributed by atoms with Crippen molar-refractivity contribution < 1.29 is 18.0 Å². The lowest BCUT2D eigenvalue weighted by Crippen LogP contribution is -2.51. The Labute approximate surface area is 246 Å². The number of sulfonamides is 1. The maximum absolute atomic E-state index is 13.6. The number of nitrogens with zero attached hydrogens (tertiary/aromatic N) is 2. The highest BCUT2D eigenvalue weighted by Gasteiger charge is 2.31. The van der Waals surface area contributed by atoms with Crippen LogP contribution in [-0.4, -0.2) is 50.0 Å². The van der Waals surface area contributed by atoms with Crippen LogP contribution in [0.1, 0.15) is 63.0 Å². The van der Waals surface area contributed by atoms with E-state index in [1.165, 1.54) is 4.31 Å². The number of hydrogen-bond acceptors (Lipinski definition) is 4. The van der Waals surface area contributed by atoms with Crippen LogP contribution < -0.4 is 9.62 Å². The second kappa shape index (κ2) is 14.1. The van der Waals surface area contributed by atoms with Crippen molar-refractivity contribution in [3.05, 3.63) is 62.6 Å². The highest BCUT2D eigenvalue weighted by atomic mass is 35.5. The average molecular weight is 617 g/mol. The summed E-state index contributed by atoms with van der Waals surface area (Å²) in [4.78, 5) is 28.5. The second-order valence-corrected chi connectivity index (χ2v) is 13.2. The van der Waals surface area contributed by atoms with E-state index in [-0.39, 0.29) is 43.8 Å². The molecule has 11 heteroatoms. The normalized spacial score (nSPS) is 14.7. The smallest absolute Gasteiger partial charge is 0.243 e. The van der Waals surface area contributed by atoms with Gasteiger partial charge in [0.2, 0.25) is 21.8 Å². The summed E-state index contributed by atoms with van der Waals surface area (Å²) in [7, 11) is -3.62. The molecule has 1 saturated carbocycles. The molecule has 1 atom stereocenters. The van der Waals surface area contributed by atoms with E-state index in [1.54, 1.807) is 41.3 Å². The predicted octanol–water partition coefficient (Wildman–Crippen LogP) is 6.37. The first-order valence-corrected chi connectivity index (χ1v) is 16.2. The van der Waals surface area contributed by atoms with Crippen molar-refractivity contribution in [2.75, 3.05) is 17.1 Å². The molecule has 2 amide bonds. The second-order valence-electron chi connectivity index (χ2n) is 10.1. The Bertz CT molecular complexity index is 1280. The third-order valence-electron chi connectivity index (χ3n) is 7.02. The van der Waals surface area contributed by atoms with Gasteiger partial charge in [-0.25, -0.2) is 8.42 Å². The van der Waals surface area contributed by atoms with Crippen molar-refractivity contribution in [1.82, 2.24) is 10.2 Å². The van der Waals surface area contributed by atoms with Crippen LogP contribution >= 0.6 is 34.8 Å². The molecule has 39 heavy (non-hydrogen) atoms. The molecular formula is C28H36Cl3N3O4S. The fraction of sp³-hybridized carbons (Fsp3) is 0.500. The summed E-state index contributed by atoms with van der Waals surface area (Å²) < 4.78 is 26.5. The Balaban J connectivity index is 1.80. The highest BCUT2D eigenvalue weighted by molar-refractivity contribution is 7.92. The van der Waals surface area contributed by atoms with Gasteiger partial charge in [-0.1, -0.05) is 66.7 Å². The largest absolute Gasteiger partial charge is 0.352 e. The van der Waals surface area contributed by atoms with E-state index in [4.69, 9.17) is 34.8 Å². The molecule has 1 aliphatic rings. The van der Waals surface area contributed by atoms with Crippen molar-refractivity contribution >= 4 is 62.3 Å². The fourth-order valence-electron chi connectivity index (χ4n) is 4.96. The summed E-state index contributed by atoms with van der Waals surface area (Å²) in [5, 5.41) is 4.31. The van der Waals surface area contributed by atoms with Gasteiger partial charge >= 0.3 is 0 Å². The van der Waals surface area contributed by atoms with Gasteiger partial charge in [0.15, 0.2) is 0 Å². The number of anilines is 1. The molecule has 0 aliphatic heterocycles. The van der Waals surface area contributed by atoms with Crippen molar-refractivity contribution in [2.45, 2.75) is 77.4 Å². The first-order chi connectivity index (χ1) is 18.4. The van der Waals surface area contributed by atoms with Gasteiger partial charge < -0.3 is 10.2 Å². The molecule has 0 radical (unpaired) electrons. The maximum atomic E-state index is 13.6. The van der Waals surface area contributed by atoms with Gasteiger partial charge in [-0.2, -0.15) is 0 Å². The van der Waals surface area contributed by atoms with Gasteiger partial charge in [0.25, 0.3) is 0 Å². The van der Waals surface area contributed by atoms with E-state index in [0.717, 1.165) is 43.1 Å². The summed E-state index contributed by atoms with van der Waals surface area (Å²) in [6.07, 6.45) is 5.92. The zero-order valence-corrected chi connectivity index (χ0v) is 25.6. The summed E-state index contributed by atoms with van der Waals surface area (Å²) in [5.74, 6) is -0.420. The van der Waals surface area contributed by atoms with Gasteiger partial charge in [-0.15, -0.1) is 0 Å². The van der Waals surface area contributed by atoms with Gasteiger partial charge in [-0.05, 0) is 68.0 Å². The molecule has 214 valence electrons. The lowest BCUT2D eigenvalue weighted by atomic mass is 10.1. The van der Waals surface area contributed by atoms with Crippen LogP contribution in [0.4, 0.5) is 5.69 Å². The zero-order valence-electron chi connectivity index (χ0n) is 22.6. The molecule has 2 aromatic carbocycles. The van der Waals surface area contributed by atoms with Crippen LogP contribution in [0.25, 0.3) is 0 Å². The van der Waals surface area contributed by atoms with E-state index < -0.39 is 16.1 Å². The Morgan fingerprint density at radius 2 is 1.74 bits per heavy atom. The Morgan fingerprint density at radius 1 is 1.05 bits per heavy atom. The summed E-state index contributed by atoms with van der Waals surface area (Å²) in [6.45, 7) is 3.96. The van der Waals surface area contributed by atoms with Gasteiger partial charge in [0.1, 0.15) is 6.04 Å². The van der Waals surface area contributed by atoms with Gasteiger partial charge in [0.05, 0.1) is 22.0 Å². The van der Waals surface area contributed by atoms with Crippen LogP contribution in [0.2, 0.25) is 15.1 Å². The Hall–Kier alpha value is -2.00. The molecule has 0 heterocycles. The lowest BCUT2D eigenvalue weighted by molar-refractivity contribution is -0.141. The van der Waals surface area contributed by atoms with Crippen LogP contribution in [0, 0.1) is 6.92 Å². The molecule has 3 rings (SSSR count). The number of halogens is 3. The number of rotatable bonds is 12. The van der Waals surface area contributed by atoms with Crippen molar-refractivity contribution in [1.29, 1.82) is 0 Å². The fourth-order valence-corrected chi connectivity index (χ4v) is 6.46.